The smallest absolute Gasteiger partial charge is 0.143 e. The van der Waals surface area contributed by atoms with Crippen LogP contribution in [0.5, 0.6) is 0 Å². The Bertz CT molecular complexity index is 160. The van der Waals surface area contributed by atoms with Gasteiger partial charge < -0.3 is 5.32 Å². The number of rotatable bonds is 2. The first-order valence-electron chi connectivity index (χ1n) is 4.55. The predicted octanol–water partition coefficient (Wildman–Crippen LogP) is 0.258. The summed E-state index contributed by atoms with van der Waals surface area (Å²) in [6.45, 7) is 8.55. The maximum absolute atomic E-state index is 10.9. The van der Waals surface area contributed by atoms with Crippen molar-refractivity contribution < 1.29 is 4.79 Å². The van der Waals surface area contributed by atoms with Crippen LogP contribution in [0.2, 0.25) is 0 Å². The molecule has 70 valence electrons. The monoisotopic (exact) mass is 170 g/mol. The van der Waals surface area contributed by atoms with Crippen LogP contribution in [-0.4, -0.2) is 42.4 Å². The molecule has 3 nitrogen and oxygen atoms in total. The van der Waals surface area contributed by atoms with Gasteiger partial charge in [-0.3, -0.25) is 9.69 Å². The molecule has 0 bridgehead atoms. The Kier molecular flexibility index (Phi) is 3.23. The summed E-state index contributed by atoms with van der Waals surface area (Å²) in [6, 6.07) is 1.01. The molecule has 12 heavy (non-hydrogen) atoms. The molecule has 1 aliphatic heterocycles. The van der Waals surface area contributed by atoms with Crippen molar-refractivity contribution in [1.82, 2.24) is 10.2 Å². The molecule has 1 heterocycles. The van der Waals surface area contributed by atoms with Crippen molar-refractivity contribution in [2.24, 2.45) is 0 Å². The zero-order valence-electron chi connectivity index (χ0n) is 8.13. The zero-order valence-corrected chi connectivity index (χ0v) is 8.13. The minimum absolute atomic E-state index is 0.260. The second kappa shape index (κ2) is 4.01. The summed E-state index contributed by atoms with van der Waals surface area (Å²) in [5, 5.41) is 3.43. The van der Waals surface area contributed by atoms with Crippen molar-refractivity contribution in [3.05, 3.63) is 0 Å². The molecule has 2 atom stereocenters. The molecule has 0 aromatic carbocycles. The van der Waals surface area contributed by atoms with Gasteiger partial charge in [-0.25, -0.2) is 0 Å². The molecule has 1 saturated heterocycles. The number of hydrogen-bond donors (Lipinski definition) is 1. The lowest BCUT2D eigenvalue weighted by molar-refractivity contribution is -0.118. The highest BCUT2D eigenvalue weighted by Crippen LogP contribution is 2.03. The van der Waals surface area contributed by atoms with Crippen molar-refractivity contribution in [3.8, 4) is 0 Å². The molecule has 0 spiro atoms. The van der Waals surface area contributed by atoms with Crippen LogP contribution >= 0.6 is 0 Å². The van der Waals surface area contributed by atoms with Gasteiger partial charge in [0.2, 0.25) is 0 Å². The van der Waals surface area contributed by atoms with E-state index in [4.69, 9.17) is 0 Å². The molecular formula is C9H18N2O. The predicted molar refractivity (Wildman–Crippen MR) is 49.2 cm³/mol. The Morgan fingerprint density at radius 1 is 1.42 bits per heavy atom. The lowest BCUT2D eigenvalue weighted by Crippen LogP contribution is -2.54. The van der Waals surface area contributed by atoms with Gasteiger partial charge in [-0.2, -0.15) is 0 Å². The first kappa shape index (κ1) is 9.68. The number of carbonyl (C=O) groups is 1. The average Bonchev–Trinajstić information content (AvgIpc) is 1.81. The van der Waals surface area contributed by atoms with Gasteiger partial charge in [-0.15, -0.1) is 0 Å². The van der Waals surface area contributed by atoms with Crippen LogP contribution in [0.25, 0.3) is 0 Å². The molecule has 1 N–H and O–H groups in total. The largest absolute Gasteiger partial charge is 0.309 e. The molecule has 0 radical (unpaired) electrons. The van der Waals surface area contributed by atoms with Gasteiger partial charge in [0, 0.05) is 25.2 Å². The maximum atomic E-state index is 10.9. The van der Waals surface area contributed by atoms with E-state index >= 15 is 0 Å². The number of nitrogens with one attached hydrogen (secondary N) is 1. The van der Waals surface area contributed by atoms with Gasteiger partial charge in [0.25, 0.3) is 0 Å². The highest BCUT2D eigenvalue weighted by molar-refractivity contribution is 5.77. The van der Waals surface area contributed by atoms with Crippen molar-refractivity contribution in [1.29, 1.82) is 0 Å². The first-order chi connectivity index (χ1) is 5.58. The van der Waals surface area contributed by atoms with E-state index in [0.29, 0.717) is 18.6 Å². The Morgan fingerprint density at radius 2 is 1.92 bits per heavy atom. The van der Waals surface area contributed by atoms with Crippen LogP contribution < -0.4 is 5.32 Å². The van der Waals surface area contributed by atoms with E-state index in [1.54, 1.807) is 6.92 Å². The van der Waals surface area contributed by atoms with E-state index in [-0.39, 0.29) is 5.78 Å². The fourth-order valence-corrected chi connectivity index (χ4v) is 1.88. The number of piperazine rings is 1. The highest BCUT2D eigenvalue weighted by Gasteiger charge is 2.20. The Hall–Kier alpha value is -0.410. The van der Waals surface area contributed by atoms with E-state index in [1.807, 2.05) is 0 Å². The standard InChI is InChI=1S/C9H18N2O/c1-7-4-11(6-9(3)12)5-8(2)10-7/h7-8,10H,4-6H2,1-3H3. The van der Waals surface area contributed by atoms with E-state index in [1.165, 1.54) is 0 Å². The van der Waals surface area contributed by atoms with Gasteiger partial charge in [0.1, 0.15) is 5.78 Å². The second-order valence-corrected chi connectivity index (χ2v) is 3.86. The minimum Gasteiger partial charge on any atom is -0.309 e. The fourth-order valence-electron chi connectivity index (χ4n) is 1.88. The van der Waals surface area contributed by atoms with Gasteiger partial charge in [-0.05, 0) is 20.8 Å². The van der Waals surface area contributed by atoms with Crippen LogP contribution in [0.15, 0.2) is 0 Å². The van der Waals surface area contributed by atoms with Gasteiger partial charge in [0.15, 0.2) is 0 Å². The maximum Gasteiger partial charge on any atom is 0.143 e. The third-order valence-corrected chi connectivity index (χ3v) is 2.08. The molecule has 0 aromatic rings. The van der Waals surface area contributed by atoms with E-state index < -0.39 is 0 Å². The van der Waals surface area contributed by atoms with Gasteiger partial charge >= 0.3 is 0 Å². The average molecular weight is 170 g/mol. The normalized spacial score (nSPS) is 31.9. The fraction of sp³-hybridized carbons (Fsp3) is 0.889. The van der Waals surface area contributed by atoms with E-state index in [2.05, 4.69) is 24.1 Å². The summed E-state index contributed by atoms with van der Waals surface area (Å²) in [7, 11) is 0. The number of carbonyl (C=O) groups excluding carboxylic acids is 1. The molecule has 0 aromatic heterocycles. The highest BCUT2D eigenvalue weighted by atomic mass is 16.1. The Balaban J connectivity index is 2.38. The third-order valence-electron chi connectivity index (χ3n) is 2.08. The lowest BCUT2D eigenvalue weighted by atomic mass is 10.1. The summed E-state index contributed by atoms with van der Waals surface area (Å²) >= 11 is 0. The molecular weight excluding hydrogens is 152 g/mol. The summed E-state index contributed by atoms with van der Waals surface area (Å²) in [4.78, 5) is 13.1. The van der Waals surface area contributed by atoms with E-state index in [9.17, 15) is 4.79 Å². The van der Waals surface area contributed by atoms with Crippen LogP contribution in [0.1, 0.15) is 20.8 Å². The summed E-state index contributed by atoms with van der Waals surface area (Å²) in [5.41, 5.74) is 0. The number of Topliss-reactive ketones (excluding diaryl/α,β-unsaturated/α-hetero) is 1. The molecule has 1 rings (SSSR count). The Morgan fingerprint density at radius 3 is 2.33 bits per heavy atom. The van der Waals surface area contributed by atoms with Crippen molar-refractivity contribution in [2.75, 3.05) is 19.6 Å². The quantitative estimate of drug-likeness (QED) is 0.645. The van der Waals surface area contributed by atoms with Crippen LogP contribution in [0, 0.1) is 0 Å². The molecule has 0 aliphatic carbocycles. The molecule has 1 fully saturated rings. The second-order valence-electron chi connectivity index (χ2n) is 3.86. The van der Waals surface area contributed by atoms with Crippen molar-refractivity contribution in [3.63, 3.8) is 0 Å². The van der Waals surface area contributed by atoms with Crippen LogP contribution in [-0.2, 0) is 4.79 Å². The first-order valence-corrected chi connectivity index (χ1v) is 4.55. The molecule has 3 heteroatoms. The number of ketones is 1. The SMILES string of the molecule is CC(=O)CN1CC(C)NC(C)C1. The van der Waals surface area contributed by atoms with E-state index in [0.717, 1.165) is 13.1 Å². The molecule has 0 amide bonds. The molecule has 2 unspecified atom stereocenters. The Labute approximate surface area is 74.1 Å². The van der Waals surface area contributed by atoms with Gasteiger partial charge in [0.05, 0.1) is 6.54 Å². The van der Waals surface area contributed by atoms with Crippen molar-refractivity contribution in [2.45, 2.75) is 32.9 Å². The topological polar surface area (TPSA) is 32.3 Å². The number of hydrogen-bond acceptors (Lipinski definition) is 3. The van der Waals surface area contributed by atoms with Gasteiger partial charge in [-0.1, -0.05) is 0 Å². The van der Waals surface area contributed by atoms with Crippen LogP contribution in [0.4, 0.5) is 0 Å². The zero-order chi connectivity index (χ0) is 9.14. The molecule has 0 saturated carbocycles. The number of nitrogens with zero attached hydrogens (tertiary/aromatic N) is 1. The van der Waals surface area contributed by atoms with Crippen molar-refractivity contribution >= 4 is 5.78 Å². The summed E-state index contributed by atoms with van der Waals surface area (Å²) < 4.78 is 0. The lowest BCUT2D eigenvalue weighted by Gasteiger charge is -2.35. The molecule has 1 aliphatic rings. The van der Waals surface area contributed by atoms with Crippen LogP contribution in [0.3, 0.4) is 0 Å². The minimum atomic E-state index is 0.260. The summed E-state index contributed by atoms with van der Waals surface area (Å²) in [5.74, 6) is 0.260. The third kappa shape index (κ3) is 2.91. The summed E-state index contributed by atoms with van der Waals surface area (Å²) in [6.07, 6.45) is 0.